The normalized spacial score (nSPS) is 11.7. The average molecular weight is 265 g/mol. The summed E-state index contributed by atoms with van der Waals surface area (Å²) < 4.78 is 0. The molecule has 0 radical (unpaired) electrons. The largest absolute Gasteiger partial charge is 0.478 e. The van der Waals surface area contributed by atoms with Crippen molar-refractivity contribution in [1.82, 2.24) is 9.88 Å². The number of aromatic carboxylic acids is 1. The van der Waals surface area contributed by atoms with Crippen LogP contribution < -0.4 is 5.32 Å². The van der Waals surface area contributed by atoms with Gasteiger partial charge in [-0.2, -0.15) is 0 Å². The van der Waals surface area contributed by atoms with E-state index in [1.807, 2.05) is 21.0 Å². The van der Waals surface area contributed by atoms with Crippen molar-refractivity contribution in [3.63, 3.8) is 0 Å². The zero-order chi connectivity index (χ0) is 14.8. The van der Waals surface area contributed by atoms with E-state index in [9.17, 15) is 9.90 Å². The summed E-state index contributed by atoms with van der Waals surface area (Å²) in [6.07, 6.45) is 0. The second kappa shape index (κ2) is 5.57. The highest BCUT2D eigenvalue weighted by atomic mass is 16.4. The molecule has 0 amide bonds. The van der Waals surface area contributed by atoms with Gasteiger partial charge in [0.25, 0.3) is 0 Å². The van der Waals surface area contributed by atoms with Gasteiger partial charge < -0.3 is 15.3 Å². The highest BCUT2D eigenvalue weighted by Gasteiger charge is 2.22. The summed E-state index contributed by atoms with van der Waals surface area (Å²) in [5, 5.41) is 12.5. The Morgan fingerprint density at radius 2 is 2.00 bits per heavy atom. The topological polar surface area (TPSA) is 65.5 Å². The Hall–Kier alpha value is -1.62. The third kappa shape index (κ3) is 3.67. The molecule has 19 heavy (non-hydrogen) atoms. The van der Waals surface area contributed by atoms with Crippen LogP contribution in [0.3, 0.4) is 0 Å². The molecular weight excluding hydrogens is 242 g/mol. The van der Waals surface area contributed by atoms with E-state index < -0.39 is 5.97 Å². The molecule has 0 spiro atoms. The minimum absolute atomic E-state index is 0.0686. The highest BCUT2D eigenvalue weighted by molar-refractivity contribution is 5.95. The fraction of sp³-hybridized carbons (Fsp3) is 0.571. The quantitative estimate of drug-likeness (QED) is 0.854. The summed E-state index contributed by atoms with van der Waals surface area (Å²) in [7, 11) is 4.01. The number of pyridine rings is 1. The number of nitrogens with zero attached hydrogens (tertiary/aromatic N) is 2. The molecule has 5 heteroatoms. The van der Waals surface area contributed by atoms with Gasteiger partial charge >= 0.3 is 5.97 Å². The van der Waals surface area contributed by atoms with Gasteiger partial charge in [-0.1, -0.05) is 0 Å². The minimum Gasteiger partial charge on any atom is -0.478 e. The monoisotopic (exact) mass is 265 g/mol. The standard InChI is InChI=1S/C14H23N3O2/c1-9-7-11(12(13(18)19)10(2)16-9)15-8-14(3,4)17(5)6/h7H,8H2,1-6H3,(H,15,16)(H,18,19). The minimum atomic E-state index is -0.949. The fourth-order valence-corrected chi connectivity index (χ4v) is 1.71. The number of carbonyl (C=O) groups is 1. The molecule has 0 aliphatic heterocycles. The first kappa shape index (κ1) is 15.4. The maximum atomic E-state index is 11.3. The molecule has 1 rings (SSSR count). The smallest absolute Gasteiger partial charge is 0.339 e. The third-order valence-electron chi connectivity index (χ3n) is 3.46. The van der Waals surface area contributed by atoms with Gasteiger partial charge in [0.1, 0.15) is 5.56 Å². The van der Waals surface area contributed by atoms with Gasteiger partial charge in [0, 0.05) is 17.8 Å². The van der Waals surface area contributed by atoms with Crippen LogP contribution in [0.2, 0.25) is 0 Å². The lowest BCUT2D eigenvalue weighted by Crippen LogP contribution is -2.44. The number of anilines is 1. The molecule has 106 valence electrons. The SMILES string of the molecule is Cc1cc(NCC(C)(C)N(C)C)c(C(=O)O)c(C)n1. The molecule has 2 N–H and O–H groups in total. The summed E-state index contributed by atoms with van der Waals surface area (Å²) >= 11 is 0. The summed E-state index contributed by atoms with van der Waals surface area (Å²) in [5.41, 5.74) is 2.17. The van der Waals surface area contributed by atoms with Gasteiger partial charge in [-0.15, -0.1) is 0 Å². The van der Waals surface area contributed by atoms with Crippen molar-refractivity contribution in [3.8, 4) is 0 Å². The predicted octanol–water partition coefficient (Wildman–Crippen LogP) is 2.15. The lowest BCUT2D eigenvalue weighted by Gasteiger charge is -2.33. The lowest BCUT2D eigenvalue weighted by molar-refractivity contribution is 0.0696. The lowest BCUT2D eigenvalue weighted by atomic mass is 10.0. The maximum Gasteiger partial charge on any atom is 0.339 e. The Kier molecular flexibility index (Phi) is 4.52. The maximum absolute atomic E-state index is 11.3. The predicted molar refractivity (Wildman–Crippen MR) is 76.9 cm³/mol. The molecule has 1 aromatic heterocycles. The van der Waals surface area contributed by atoms with Gasteiger partial charge in [0.05, 0.1) is 11.4 Å². The van der Waals surface area contributed by atoms with Crippen molar-refractivity contribution in [2.45, 2.75) is 33.2 Å². The van der Waals surface area contributed by atoms with Gasteiger partial charge in [0.15, 0.2) is 0 Å². The Morgan fingerprint density at radius 1 is 1.42 bits per heavy atom. The molecular formula is C14H23N3O2. The van der Waals surface area contributed by atoms with Crippen LogP contribution in [-0.4, -0.2) is 47.1 Å². The van der Waals surface area contributed by atoms with E-state index in [4.69, 9.17) is 0 Å². The second-order valence-corrected chi connectivity index (χ2v) is 5.64. The van der Waals surface area contributed by atoms with Crippen LogP contribution in [0, 0.1) is 13.8 Å². The molecule has 0 atom stereocenters. The van der Waals surface area contributed by atoms with E-state index in [0.29, 0.717) is 17.9 Å². The molecule has 0 aliphatic rings. The molecule has 0 aromatic carbocycles. The molecule has 0 saturated carbocycles. The third-order valence-corrected chi connectivity index (χ3v) is 3.46. The van der Waals surface area contributed by atoms with Gasteiger partial charge in [0.2, 0.25) is 0 Å². The number of nitrogens with one attached hydrogen (secondary N) is 1. The summed E-state index contributed by atoms with van der Waals surface area (Å²) in [6.45, 7) is 8.44. The number of hydrogen-bond donors (Lipinski definition) is 2. The van der Waals surface area contributed by atoms with Crippen LogP contribution in [0.25, 0.3) is 0 Å². The Morgan fingerprint density at radius 3 is 2.47 bits per heavy atom. The molecule has 0 aliphatic carbocycles. The van der Waals surface area contributed by atoms with Crippen LogP contribution in [0.1, 0.15) is 35.6 Å². The Labute approximate surface area is 114 Å². The molecule has 1 heterocycles. The molecule has 0 fully saturated rings. The number of likely N-dealkylation sites (N-methyl/N-ethyl adjacent to an activating group) is 1. The van der Waals surface area contributed by atoms with Crippen molar-refractivity contribution in [3.05, 3.63) is 23.0 Å². The van der Waals surface area contributed by atoms with Crippen LogP contribution in [0.5, 0.6) is 0 Å². The van der Waals surface area contributed by atoms with E-state index in [2.05, 4.69) is 29.0 Å². The number of aromatic nitrogens is 1. The molecule has 0 unspecified atom stereocenters. The van der Waals surface area contributed by atoms with Crippen LogP contribution in [-0.2, 0) is 0 Å². The van der Waals surface area contributed by atoms with Crippen molar-refractivity contribution in [2.75, 3.05) is 26.0 Å². The number of rotatable bonds is 5. The van der Waals surface area contributed by atoms with Crippen molar-refractivity contribution >= 4 is 11.7 Å². The van der Waals surface area contributed by atoms with E-state index in [1.54, 1.807) is 13.0 Å². The summed E-state index contributed by atoms with van der Waals surface area (Å²) in [4.78, 5) is 17.6. The van der Waals surface area contributed by atoms with Gasteiger partial charge in [-0.25, -0.2) is 4.79 Å². The number of carboxylic acids is 1. The summed E-state index contributed by atoms with van der Waals surface area (Å²) in [6, 6.07) is 1.78. The first-order valence-electron chi connectivity index (χ1n) is 6.28. The Balaban J connectivity index is 3.04. The van der Waals surface area contributed by atoms with Gasteiger partial charge in [-0.3, -0.25) is 4.98 Å². The van der Waals surface area contributed by atoms with Crippen LogP contribution in [0.15, 0.2) is 6.07 Å². The molecule has 1 aromatic rings. The van der Waals surface area contributed by atoms with Crippen LogP contribution in [0.4, 0.5) is 5.69 Å². The number of aryl methyl sites for hydroxylation is 2. The molecule has 0 saturated heterocycles. The van der Waals surface area contributed by atoms with Crippen molar-refractivity contribution in [2.24, 2.45) is 0 Å². The molecule has 0 bridgehead atoms. The average Bonchev–Trinajstić information content (AvgIpc) is 2.24. The first-order valence-corrected chi connectivity index (χ1v) is 6.28. The first-order chi connectivity index (χ1) is 8.65. The van der Waals surface area contributed by atoms with E-state index in [1.165, 1.54) is 0 Å². The van der Waals surface area contributed by atoms with Gasteiger partial charge in [-0.05, 0) is 47.9 Å². The van der Waals surface area contributed by atoms with E-state index in [-0.39, 0.29) is 11.1 Å². The highest BCUT2D eigenvalue weighted by Crippen LogP contribution is 2.21. The van der Waals surface area contributed by atoms with E-state index >= 15 is 0 Å². The van der Waals surface area contributed by atoms with Crippen molar-refractivity contribution < 1.29 is 9.90 Å². The fourth-order valence-electron chi connectivity index (χ4n) is 1.71. The Bertz CT molecular complexity index is 482. The molecule has 5 nitrogen and oxygen atoms in total. The second-order valence-electron chi connectivity index (χ2n) is 5.64. The number of carboxylic acid groups (broad SMARTS) is 1. The van der Waals surface area contributed by atoms with Crippen molar-refractivity contribution in [1.29, 1.82) is 0 Å². The zero-order valence-corrected chi connectivity index (χ0v) is 12.5. The van der Waals surface area contributed by atoms with Crippen LogP contribution >= 0.6 is 0 Å². The number of hydrogen-bond acceptors (Lipinski definition) is 4. The van der Waals surface area contributed by atoms with E-state index in [0.717, 1.165) is 5.69 Å². The zero-order valence-electron chi connectivity index (χ0n) is 12.5. The summed E-state index contributed by atoms with van der Waals surface area (Å²) in [5.74, 6) is -0.949.